The molecular weight excluding hydrogens is 454 g/mol. The molecule has 0 aromatic heterocycles. The van der Waals surface area contributed by atoms with Crippen LogP contribution in [0.4, 0.5) is 10.5 Å². The molecule has 0 bridgehead atoms. The minimum absolute atomic E-state index is 0.0238. The third kappa shape index (κ3) is 6.50. The summed E-state index contributed by atoms with van der Waals surface area (Å²) in [5.74, 6) is 0.654. The van der Waals surface area contributed by atoms with Crippen LogP contribution in [0.3, 0.4) is 0 Å². The molecule has 1 aliphatic rings. The van der Waals surface area contributed by atoms with E-state index < -0.39 is 22.1 Å². The first-order valence-electron chi connectivity index (χ1n) is 11.5. The third-order valence-corrected chi connectivity index (χ3v) is 7.79. The number of ether oxygens (including phenoxy) is 1. The number of benzene rings is 2. The minimum atomic E-state index is -4.08. The zero-order valence-electron chi connectivity index (χ0n) is 19.9. The van der Waals surface area contributed by atoms with Gasteiger partial charge in [-0.2, -0.15) is 0 Å². The quantitative estimate of drug-likeness (QED) is 0.586. The molecule has 0 spiro atoms. The van der Waals surface area contributed by atoms with Gasteiger partial charge in [0.05, 0.1) is 12.0 Å². The lowest BCUT2D eigenvalue weighted by Gasteiger charge is -2.29. The molecule has 184 valence electrons. The number of hydrogen-bond donors (Lipinski definition) is 2. The highest BCUT2D eigenvalue weighted by atomic mass is 32.2. The molecule has 34 heavy (non-hydrogen) atoms. The third-order valence-electron chi connectivity index (χ3n) is 6.30. The normalized spacial score (nSPS) is 15.3. The molecule has 0 radical (unpaired) electrons. The van der Waals surface area contributed by atoms with Crippen LogP contribution in [0, 0.1) is 12.8 Å². The maximum atomic E-state index is 13.4. The van der Waals surface area contributed by atoms with Gasteiger partial charge in [-0.1, -0.05) is 50.3 Å². The molecule has 0 aliphatic heterocycles. The molecule has 0 saturated heterocycles. The largest absolute Gasteiger partial charge is 0.497 e. The Hall–Kier alpha value is -3.07. The van der Waals surface area contributed by atoms with Crippen LogP contribution in [0.5, 0.6) is 5.75 Å². The summed E-state index contributed by atoms with van der Waals surface area (Å²) in [6, 6.07) is 11.7. The van der Waals surface area contributed by atoms with Crippen molar-refractivity contribution in [1.82, 2.24) is 10.0 Å². The number of anilines is 1. The summed E-state index contributed by atoms with van der Waals surface area (Å²) in [6.45, 7) is 1.66. The zero-order chi connectivity index (χ0) is 24.7. The predicted molar refractivity (Wildman–Crippen MR) is 131 cm³/mol. The summed E-state index contributed by atoms with van der Waals surface area (Å²) in [4.78, 5) is 27.7. The van der Waals surface area contributed by atoms with E-state index in [2.05, 4.69) is 10.0 Å². The smallest absolute Gasteiger partial charge is 0.329 e. The second-order valence-electron chi connectivity index (χ2n) is 8.73. The van der Waals surface area contributed by atoms with Gasteiger partial charge in [-0.3, -0.25) is 4.79 Å². The van der Waals surface area contributed by atoms with Crippen molar-refractivity contribution in [3.05, 3.63) is 54.1 Å². The van der Waals surface area contributed by atoms with E-state index in [1.165, 1.54) is 17.4 Å². The van der Waals surface area contributed by atoms with Gasteiger partial charge in [-0.05, 0) is 55.2 Å². The lowest BCUT2D eigenvalue weighted by molar-refractivity contribution is -0.120. The van der Waals surface area contributed by atoms with Crippen molar-refractivity contribution in [3.63, 3.8) is 0 Å². The molecule has 1 aliphatic carbocycles. The average molecular weight is 488 g/mol. The summed E-state index contributed by atoms with van der Waals surface area (Å²) in [5, 5.41) is 2.64. The first-order valence-corrected chi connectivity index (χ1v) is 13.0. The lowest BCUT2D eigenvalue weighted by atomic mass is 9.84. The molecule has 2 N–H and O–H groups in total. The topological polar surface area (TPSA) is 105 Å². The first-order chi connectivity index (χ1) is 16.2. The molecule has 1 unspecified atom stereocenters. The van der Waals surface area contributed by atoms with Crippen LogP contribution >= 0.6 is 0 Å². The van der Waals surface area contributed by atoms with Crippen molar-refractivity contribution in [1.29, 1.82) is 0 Å². The first kappa shape index (κ1) is 25.6. The Kier molecular flexibility index (Phi) is 8.55. The molecule has 8 nitrogen and oxygen atoms in total. The number of methoxy groups -OCH3 is 1. The van der Waals surface area contributed by atoms with E-state index in [0.29, 0.717) is 29.3 Å². The Morgan fingerprint density at radius 1 is 1.06 bits per heavy atom. The van der Waals surface area contributed by atoms with Crippen molar-refractivity contribution >= 4 is 27.6 Å². The summed E-state index contributed by atoms with van der Waals surface area (Å²) in [5.41, 5.74) is 1.17. The molecule has 1 saturated carbocycles. The van der Waals surface area contributed by atoms with Gasteiger partial charge in [0.2, 0.25) is 5.91 Å². The summed E-state index contributed by atoms with van der Waals surface area (Å²) < 4.78 is 32.7. The van der Waals surface area contributed by atoms with E-state index in [1.54, 1.807) is 63.5 Å². The molecule has 1 fully saturated rings. The Morgan fingerprint density at radius 3 is 2.32 bits per heavy atom. The van der Waals surface area contributed by atoms with Gasteiger partial charge in [0, 0.05) is 12.7 Å². The summed E-state index contributed by atoms with van der Waals surface area (Å²) in [7, 11) is -0.868. The van der Waals surface area contributed by atoms with E-state index >= 15 is 0 Å². The average Bonchev–Trinajstić information content (AvgIpc) is 2.83. The minimum Gasteiger partial charge on any atom is -0.497 e. The Balaban J connectivity index is 1.76. The van der Waals surface area contributed by atoms with Crippen LogP contribution in [0.25, 0.3) is 0 Å². The predicted octanol–water partition coefficient (Wildman–Crippen LogP) is 3.99. The molecule has 3 amide bonds. The van der Waals surface area contributed by atoms with Crippen LogP contribution in [0.1, 0.15) is 44.1 Å². The molecule has 2 aromatic carbocycles. The van der Waals surface area contributed by atoms with Gasteiger partial charge in [0.1, 0.15) is 11.8 Å². The number of likely N-dealkylation sites (N-methyl/N-ethyl adjacent to an activating group) is 1. The van der Waals surface area contributed by atoms with E-state index in [-0.39, 0.29) is 10.8 Å². The SMILES string of the molecule is COc1ccc(N(C)C(=O)C(CC2CCCCC2)NC(=O)NS(=O)(=O)c2ccccc2C)cc1. The van der Waals surface area contributed by atoms with E-state index in [9.17, 15) is 18.0 Å². The Labute approximate surface area is 201 Å². The summed E-state index contributed by atoms with van der Waals surface area (Å²) >= 11 is 0. The zero-order valence-corrected chi connectivity index (χ0v) is 20.7. The highest BCUT2D eigenvalue weighted by molar-refractivity contribution is 7.90. The fraction of sp³-hybridized carbons (Fsp3) is 0.440. The van der Waals surface area contributed by atoms with Crippen molar-refractivity contribution in [2.24, 2.45) is 5.92 Å². The number of carbonyl (C=O) groups excluding carboxylic acids is 2. The van der Waals surface area contributed by atoms with Gasteiger partial charge in [0.25, 0.3) is 10.0 Å². The number of aryl methyl sites for hydroxylation is 1. The number of nitrogens with one attached hydrogen (secondary N) is 2. The number of nitrogens with zero attached hydrogens (tertiary/aromatic N) is 1. The number of rotatable bonds is 8. The van der Waals surface area contributed by atoms with Crippen LogP contribution < -0.4 is 19.7 Å². The molecule has 2 aromatic rings. The van der Waals surface area contributed by atoms with E-state index in [4.69, 9.17) is 4.74 Å². The highest BCUT2D eigenvalue weighted by Gasteiger charge is 2.30. The van der Waals surface area contributed by atoms with Gasteiger partial charge in [0.15, 0.2) is 0 Å². The standard InChI is InChI=1S/C25H33N3O5S/c1-18-9-7-8-12-23(18)34(31,32)27-25(30)26-22(17-19-10-5-4-6-11-19)24(29)28(2)20-13-15-21(33-3)16-14-20/h7-9,12-16,19,22H,4-6,10-11,17H2,1-3H3,(H2,26,27,30). The number of amides is 3. The van der Waals surface area contributed by atoms with Crippen molar-refractivity contribution < 1.29 is 22.7 Å². The van der Waals surface area contributed by atoms with Gasteiger partial charge >= 0.3 is 6.03 Å². The number of sulfonamides is 1. The second kappa shape index (κ2) is 11.4. The van der Waals surface area contributed by atoms with E-state index in [1.807, 2.05) is 0 Å². The number of hydrogen-bond acceptors (Lipinski definition) is 5. The van der Waals surface area contributed by atoms with Crippen molar-refractivity contribution in [3.8, 4) is 5.75 Å². The molecular formula is C25H33N3O5S. The van der Waals surface area contributed by atoms with Gasteiger partial charge < -0.3 is 15.0 Å². The number of carbonyl (C=O) groups is 2. The molecule has 0 heterocycles. The fourth-order valence-electron chi connectivity index (χ4n) is 4.37. The van der Waals surface area contributed by atoms with Crippen LogP contribution in [-0.2, 0) is 14.8 Å². The Morgan fingerprint density at radius 2 is 1.71 bits per heavy atom. The molecule has 9 heteroatoms. The van der Waals surface area contributed by atoms with Crippen molar-refractivity contribution in [2.45, 2.75) is 56.4 Å². The van der Waals surface area contributed by atoms with Crippen LogP contribution in [0.2, 0.25) is 0 Å². The summed E-state index contributed by atoms with van der Waals surface area (Å²) in [6.07, 6.45) is 5.78. The lowest BCUT2D eigenvalue weighted by Crippen LogP contribution is -2.52. The maximum absolute atomic E-state index is 13.4. The van der Waals surface area contributed by atoms with Crippen molar-refractivity contribution in [2.75, 3.05) is 19.1 Å². The monoisotopic (exact) mass is 487 g/mol. The maximum Gasteiger partial charge on any atom is 0.329 e. The van der Waals surface area contributed by atoms with E-state index in [0.717, 1.165) is 25.7 Å². The number of urea groups is 1. The van der Waals surface area contributed by atoms with Gasteiger partial charge in [-0.25, -0.2) is 17.9 Å². The highest BCUT2D eigenvalue weighted by Crippen LogP contribution is 2.28. The van der Waals surface area contributed by atoms with Crippen LogP contribution in [0.15, 0.2) is 53.4 Å². The fourth-order valence-corrected chi connectivity index (χ4v) is 5.53. The molecule has 3 rings (SSSR count). The Bertz CT molecular complexity index is 1100. The molecule has 1 atom stereocenters. The second-order valence-corrected chi connectivity index (χ2v) is 10.4. The van der Waals surface area contributed by atoms with Crippen LogP contribution in [-0.4, -0.2) is 40.6 Å². The van der Waals surface area contributed by atoms with Gasteiger partial charge in [-0.15, -0.1) is 0 Å².